The van der Waals surface area contributed by atoms with Crippen molar-refractivity contribution in [2.24, 2.45) is 12.4 Å². The van der Waals surface area contributed by atoms with Gasteiger partial charge in [0.1, 0.15) is 7.05 Å². The van der Waals surface area contributed by atoms with Gasteiger partial charge in [0.2, 0.25) is 0 Å². The molecule has 0 aliphatic carbocycles. The number of aryl methyl sites for hydroxylation is 1. The quantitative estimate of drug-likeness (QED) is 0.296. The Morgan fingerprint density at radius 3 is 2.57 bits per heavy atom. The van der Waals surface area contributed by atoms with Crippen molar-refractivity contribution in [2.75, 3.05) is 0 Å². The van der Waals surface area contributed by atoms with E-state index in [0.29, 0.717) is 0 Å². The Balaban J connectivity index is 0.000000500. The van der Waals surface area contributed by atoms with Crippen LogP contribution in [0.1, 0.15) is 0 Å². The average molecular weight is 201 g/mol. The molecule has 0 fully saturated rings. The standard InChI is InChI=1S/C6H7N2O3.HNO2/c1-7-5-3-2-4-6(7)11-8(9)10;2-1-3/h2-5H,1H3;(H,2,3)/q+1;/p-1. The average Bonchev–Trinajstić information content (AvgIpc) is 2.09. The van der Waals surface area contributed by atoms with Crippen molar-refractivity contribution < 1.29 is 14.5 Å². The largest absolute Gasteiger partial charge is 0.444 e. The summed E-state index contributed by atoms with van der Waals surface area (Å²) in [5, 5.41) is 18.1. The highest BCUT2D eigenvalue weighted by Crippen LogP contribution is 1.99. The summed E-state index contributed by atoms with van der Waals surface area (Å²) in [6.45, 7) is 0. The van der Waals surface area contributed by atoms with Crippen molar-refractivity contribution >= 4 is 0 Å². The lowest BCUT2D eigenvalue weighted by molar-refractivity contribution is -0.772. The molecule has 0 amide bonds. The molecule has 1 aromatic rings. The van der Waals surface area contributed by atoms with Crippen LogP contribution in [0.25, 0.3) is 0 Å². The molecule has 8 heteroatoms. The predicted molar refractivity (Wildman–Crippen MR) is 44.4 cm³/mol. The number of nitrogens with zero attached hydrogens (tertiary/aromatic N) is 3. The molecule has 0 aliphatic heterocycles. The summed E-state index contributed by atoms with van der Waals surface area (Å²) in [6, 6.07) is 4.94. The fraction of sp³-hybridized carbons (Fsp3) is 0.167. The molecule has 0 spiro atoms. The van der Waals surface area contributed by atoms with E-state index in [-0.39, 0.29) is 5.88 Å². The third-order valence-corrected chi connectivity index (χ3v) is 1.18. The first-order valence-corrected chi connectivity index (χ1v) is 3.33. The Hall–Kier alpha value is -2.25. The summed E-state index contributed by atoms with van der Waals surface area (Å²) in [5.41, 5.74) is 0. The SMILES string of the molecule is C[n+]1ccccc1O[N+](=O)[O-].O=N[O-]. The minimum Gasteiger partial charge on any atom is -0.444 e. The zero-order valence-corrected chi connectivity index (χ0v) is 7.19. The summed E-state index contributed by atoms with van der Waals surface area (Å²) < 4.78 is 1.52. The molecule has 14 heavy (non-hydrogen) atoms. The second-order valence-electron chi connectivity index (χ2n) is 2.04. The molecule has 0 radical (unpaired) electrons. The van der Waals surface area contributed by atoms with E-state index in [0.717, 1.165) is 5.34 Å². The molecular formula is C6H7N3O5. The maximum absolute atomic E-state index is 9.89. The Morgan fingerprint density at radius 2 is 2.14 bits per heavy atom. The fourth-order valence-corrected chi connectivity index (χ4v) is 0.679. The minimum absolute atomic E-state index is 0.206. The molecule has 0 aliphatic rings. The third kappa shape index (κ3) is 4.59. The van der Waals surface area contributed by atoms with E-state index in [1.54, 1.807) is 25.4 Å². The van der Waals surface area contributed by atoms with Gasteiger partial charge in [-0.05, 0) is 6.07 Å². The van der Waals surface area contributed by atoms with Crippen molar-refractivity contribution in [3.05, 3.63) is 44.6 Å². The number of pyridine rings is 1. The maximum Gasteiger partial charge on any atom is 0.356 e. The van der Waals surface area contributed by atoms with E-state index in [1.807, 2.05) is 0 Å². The summed E-state index contributed by atoms with van der Waals surface area (Å²) in [6.07, 6.45) is 1.67. The predicted octanol–water partition coefficient (Wildman–Crippen LogP) is 0.332. The van der Waals surface area contributed by atoms with Crippen LogP contribution < -0.4 is 9.40 Å². The summed E-state index contributed by atoms with van der Waals surface area (Å²) in [4.78, 5) is 22.1. The van der Waals surface area contributed by atoms with Crippen LogP contribution in [0, 0.1) is 20.2 Å². The van der Waals surface area contributed by atoms with Gasteiger partial charge in [-0.15, -0.1) is 15.5 Å². The highest BCUT2D eigenvalue weighted by molar-refractivity contribution is 5.00. The third-order valence-electron chi connectivity index (χ3n) is 1.18. The van der Waals surface area contributed by atoms with Crippen LogP contribution in [-0.2, 0) is 7.05 Å². The second kappa shape index (κ2) is 6.29. The van der Waals surface area contributed by atoms with Gasteiger partial charge in [-0.1, -0.05) is 0 Å². The lowest BCUT2D eigenvalue weighted by Gasteiger charge is -1.93. The number of hydrogen-bond donors (Lipinski definition) is 0. The van der Waals surface area contributed by atoms with Crippen molar-refractivity contribution in [3.63, 3.8) is 0 Å². The Labute approximate surface area is 78.4 Å². The zero-order valence-electron chi connectivity index (χ0n) is 7.19. The van der Waals surface area contributed by atoms with Gasteiger partial charge in [0.05, 0.1) is 0 Å². The smallest absolute Gasteiger partial charge is 0.356 e. The first-order valence-electron chi connectivity index (χ1n) is 3.33. The monoisotopic (exact) mass is 201 g/mol. The normalized spacial score (nSPS) is 8.07. The van der Waals surface area contributed by atoms with Gasteiger partial charge in [-0.3, -0.25) is 0 Å². The summed E-state index contributed by atoms with van der Waals surface area (Å²) in [5.74, 6) is 0.206. The summed E-state index contributed by atoms with van der Waals surface area (Å²) in [7, 11) is 1.67. The molecule has 1 aromatic heterocycles. The minimum atomic E-state index is -0.838. The van der Waals surface area contributed by atoms with Gasteiger partial charge < -0.3 is 10.1 Å². The highest BCUT2D eigenvalue weighted by Gasteiger charge is 2.08. The first-order chi connectivity index (χ1) is 6.61. The Morgan fingerprint density at radius 1 is 1.57 bits per heavy atom. The maximum atomic E-state index is 9.89. The van der Waals surface area contributed by atoms with Crippen LogP contribution >= 0.6 is 0 Å². The number of hydrogen-bond acceptors (Lipinski definition) is 6. The van der Waals surface area contributed by atoms with Crippen LogP contribution in [0.5, 0.6) is 5.88 Å². The number of aromatic nitrogens is 1. The van der Waals surface area contributed by atoms with E-state index in [4.69, 9.17) is 10.1 Å². The van der Waals surface area contributed by atoms with Crippen LogP contribution in [0.2, 0.25) is 0 Å². The molecule has 0 N–H and O–H groups in total. The molecule has 8 nitrogen and oxygen atoms in total. The zero-order chi connectivity index (χ0) is 11.0. The molecule has 0 atom stereocenters. The van der Waals surface area contributed by atoms with E-state index >= 15 is 0 Å². The van der Waals surface area contributed by atoms with Gasteiger partial charge in [-0.2, -0.15) is 4.57 Å². The van der Waals surface area contributed by atoms with Gasteiger partial charge >= 0.3 is 11.0 Å². The van der Waals surface area contributed by atoms with Crippen LogP contribution in [0.4, 0.5) is 0 Å². The lowest BCUT2D eigenvalue weighted by Crippen LogP contribution is -2.31. The highest BCUT2D eigenvalue weighted by atomic mass is 17.0. The fourth-order valence-electron chi connectivity index (χ4n) is 0.679. The van der Waals surface area contributed by atoms with E-state index in [9.17, 15) is 10.1 Å². The van der Waals surface area contributed by atoms with E-state index in [1.165, 1.54) is 10.6 Å². The van der Waals surface area contributed by atoms with Gasteiger partial charge in [0.15, 0.2) is 6.20 Å². The Kier molecular flexibility index (Phi) is 5.28. The Bertz CT molecular complexity index is 316. The number of rotatable bonds is 2. The van der Waals surface area contributed by atoms with Crippen molar-refractivity contribution in [2.45, 2.75) is 0 Å². The van der Waals surface area contributed by atoms with Crippen molar-refractivity contribution in [3.8, 4) is 5.88 Å². The van der Waals surface area contributed by atoms with Gasteiger partial charge in [-0.25, -0.2) is 4.84 Å². The first kappa shape index (κ1) is 11.8. The molecule has 0 saturated carbocycles. The lowest BCUT2D eigenvalue weighted by atomic mass is 10.5. The van der Waals surface area contributed by atoms with Crippen molar-refractivity contribution in [1.82, 2.24) is 0 Å². The molecule has 76 valence electrons. The summed E-state index contributed by atoms with van der Waals surface area (Å²) >= 11 is 0. The second-order valence-corrected chi connectivity index (χ2v) is 2.04. The van der Waals surface area contributed by atoms with Crippen LogP contribution in [-0.4, -0.2) is 5.09 Å². The molecule has 1 rings (SSSR count). The topological polar surface area (TPSA) is 109 Å². The van der Waals surface area contributed by atoms with Gasteiger partial charge in [0.25, 0.3) is 0 Å². The van der Waals surface area contributed by atoms with Gasteiger partial charge in [0, 0.05) is 12.1 Å². The molecule has 0 saturated heterocycles. The molecule has 0 bridgehead atoms. The molecule has 1 heterocycles. The van der Waals surface area contributed by atoms with E-state index < -0.39 is 5.09 Å². The van der Waals surface area contributed by atoms with E-state index in [2.05, 4.69) is 4.84 Å². The van der Waals surface area contributed by atoms with Crippen molar-refractivity contribution in [1.29, 1.82) is 0 Å². The van der Waals surface area contributed by atoms with Crippen LogP contribution in [0.15, 0.2) is 29.7 Å². The van der Waals surface area contributed by atoms with Crippen LogP contribution in [0.3, 0.4) is 0 Å². The molecule has 0 unspecified atom stereocenters. The molecular weight excluding hydrogens is 194 g/mol. The molecule has 0 aromatic carbocycles.